The Morgan fingerprint density at radius 2 is 1.89 bits per heavy atom. The molecular weight excluding hydrogens is 123 g/mol. The van der Waals surface area contributed by atoms with Crippen LogP contribution in [0.5, 0.6) is 11.5 Å². The van der Waals surface area contributed by atoms with E-state index in [1.807, 2.05) is 0 Å². The molecule has 2 nitrogen and oxygen atoms in total. The zero-order valence-electron chi connectivity index (χ0n) is 4.50. The molecule has 0 aliphatic rings. The molecule has 9 heavy (non-hydrogen) atoms. The summed E-state index contributed by atoms with van der Waals surface area (Å²) in [7, 11) is 0. The van der Waals surface area contributed by atoms with Crippen LogP contribution in [0.15, 0.2) is 18.2 Å². The van der Waals surface area contributed by atoms with Crippen LogP contribution in [0.25, 0.3) is 0 Å². The third-order valence-corrected chi connectivity index (χ3v) is 0.931. The molecule has 0 saturated carbocycles. The molecular formula is C6H5FO2. The predicted octanol–water partition coefficient (Wildman–Crippen LogP) is 1.24. The van der Waals surface area contributed by atoms with Gasteiger partial charge in [0, 0.05) is 6.07 Å². The molecule has 0 bridgehead atoms. The number of rotatable bonds is 0. The quantitative estimate of drug-likeness (QED) is 0.516. The second-order valence-corrected chi connectivity index (χ2v) is 1.64. The first-order valence-corrected chi connectivity index (χ1v) is 2.37. The second kappa shape index (κ2) is 1.93. The van der Waals surface area contributed by atoms with Gasteiger partial charge < -0.3 is 10.2 Å². The Balaban J connectivity index is 3.17. The summed E-state index contributed by atoms with van der Waals surface area (Å²) in [5, 5.41) is 17.1. The van der Waals surface area contributed by atoms with Crippen molar-refractivity contribution in [3.63, 3.8) is 0 Å². The van der Waals surface area contributed by atoms with E-state index in [9.17, 15) is 4.39 Å². The van der Waals surface area contributed by atoms with E-state index in [0.29, 0.717) is 0 Å². The molecule has 0 spiro atoms. The SMILES string of the molecule is Oc1ccc(O)c(F)c1. The Labute approximate surface area is 51.2 Å². The summed E-state index contributed by atoms with van der Waals surface area (Å²) >= 11 is 0. The van der Waals surface area contributed by atoms with Crippen molar-refractivity contribution < 1.29 is 14.6 Å². The summed E-state index contributed by atoms with van der Waals surface area (Å²) in [6, 6.07) is 3.14. The summed E-state index contributed by atoms with van der Waals surface area (Å²) in [4.78, 5) is 0. The Morgan fingerprint density at radius 3 is 2.33 bits per heavy atom. The minimum atomic E-state index is -0.810. The van der Waals surface area contributed by atoms with Crippen LogP contribution in [0.3, 0.4) is 0 Å². The molecule has 2 N–H and O–H groups in total. The first-order chi connectivity index (χ1) is 4.20. The van der Waals surface area contributed by atoms with Crippen molar-refractivity contribution in [2.75, 3.05) is 0 Å². The van der Waals surface area contributed by atoms with Crippen molar-refractivity contribution in [2.45, 2.75) is 0 Å². The van der Waals surface area contributed by atoms with Gasteiger partial charge in [-0.1, -0.05) is 0 Å². The molecule has 0 fully saturated rings. The smallest absolute Gasteiger partial charge is 0.168 e. The van der Waals surface area contributed by atoms with Gasteiger partial charge in [-0.05, 0) is 12.1 Å². The molecule has 0 aliphatic heterocycles. The van der Waals surface area contributed by atoms with E-state index in [2.05, 4.69) is 0 Å². The largest absolute Gasteiger partial charge is 0.508 e. The molecule has 0 heterocycles. The number of phenolic OH excluding ortho intramolecular Hbond substituents is 2. The number of halogens is 1. The van der Waals surface area contributed by atoms with Gasteiger partial charge >= 0.3 is 0 Å². The maximum Gasteiger partial charge on any atom is 0.168 e. The van der Waals surface area contributed by atoms with Gasteiger partial charge in [0.15, 0.2) is 11.6 Å². The number of benzene rings is 1. The number of aromatic hydroxyl groups is 2. The maximum absolute atomic E-state index is 12.2. The van der Waals surface area contributed by atoms with Crippen molar-refractivity contribution in [3.05, 3.63) is 24.0 Å². The highest BCUT2D eigenvalue weighted by atomic mass is 19.1. The topological polar surface area (TPSA) is 40.5 Å². The monoisotopic (exact) mass is 128 g/mol. The van der Waals surface area contributed by atoms with E-state index in [4.69, 9.17) is 10.2 Å². The molecule has 0 atom stereocenters. The lowest BCUT2D eigenvalue weighted by Gasteiger charge is -1.92. The highest BCUT2D eigenvalue weighted by Crippen LogP contribution is 2.19. The minimum absolute atomic E-state index is 0.190. The molecule has 0 saturated heterocycles. The zero-order chi connectivity index (χ0) is 6.85. The molecule has 0 unspecified atom stereocenters. The lowest BCUT2D eigenvalue weighted by atomic mass is 10.3. The fraction of sp³-hybridized carbons (Fsp3) is 0. The van der Waals surface area contributed by atoms with Crippen molar-refractivity contribution in [1.29, 1.82) is 0 Å². The first kappa shape index (κ1) is 5.88. The van der Waals surface area contributed by atoms with Gasteiger partial charge in [-0.15, -0.1) is 0 Å². The third-order valence-electron chi connectivity index (χ3n) is 0.931. The van der Waals surface area contributed by atoms with Crippen LogP contribution in [-0.4, -0.2) is 10.2 Å². The number of hydrogen-bond donors (Lipinski definition) is 2. The zero-order valence-corrected chi connectivity index (χ0v) is 4.50. The van der Waals surface area contributed by atoms with Gasteiger partial charge in [-0.2, -0.15) is 0 Å². The second-order valence-electron chi connectivity index (χ2n) is 1.64. The highest BCUT2D eigenvalue weighted by molar-refractivity contribution is 5.30. The van der Waals surface area contributed by atoms with Crippen LogP contribution < -0.4 is 0 Å². The summed E-state index contributed by atoms with van der Waals surface area (Å²) in [5.41, 5.74) is 0. The molecule has 0 amide bonds. The summed E-state index contributed by atoms with van der Waals surface area (Å²) in [5.74, 6) is -1.45. The molecule has 0 aliphatic carbocycles. The van der Waals surface area contributed by atoms with Crippen molar-refractivity contribution >= 4 is 0 Å². The molecule has 1 aromatic carbocycles. The minimum Gasteiger partial charge on any atom is -0.508 e. The Hall–Kier alpha value is -1.25. The highest BCUT2D eigenvalue weighted by Gasteiger charge is 1.97. The first-order valence-electron chi connectivity index (χ1n) is 2.37. The van der Waals surface area contributed by atoms with Gasteiger partial charge in [-0.3, -0.25) is 0 Å². The number of hydrogen-bond acceptors (Lipinski definition) is 2. The van der Waals surface area contributed by atoms with E-state index in [1.165, 1.54) is 6.07 Å². The number of phenols is 2. The predicted molar refractivity (Wildman–Crippen MR) is 29.7 cm³/mol. The molecule has 1 aromatic rings. The van der Waals surface area contributed by atoms with Crippen LogP contribution in [0.4, 0.5) is 4.39 Å². The van der Waals surface area contributed by atoms with Crippen LogP contribution >= 0.6 is 0 Å². The Morgan fingerprint density at radius 1 is 1.22 bits per heavy atom. The van der Waals surface area contributed by atoms with Crippen LogP contribution in [0, 0.1) is 5.82 Å². The van der Waals surface area contributed by atoms with Crippen molar-refractivity contribution in [3.8, 4) is 11.5 Å². The molecule has 48 valence electrons. The van der Waals surface area contributed by atoms with Crippen LogP contribution in [0.2, 0.25) is 0 Å². The molecule has 0 aromatic heterocycles. The summed E-state index contributed by atoms with van der Waals surface area (Å²) in [6.07, 6.45) is 0. The Bertz CT molecular complexity index is 222. The Kier molecular flexibility index (Phi) is 1.26. The lowest BCUT2D eigenvalue weighted by molar-refractivity contribution is 0.421. The van der Waals surface area contributed by atoms with Crippen LogP contribution in [-0.2, 0) is 0 Å². The van der Waals surface area contributed by atoms with E-state index in [-0.39, 0.29) is 5.75 Å². The van der Waals surface area contributed by atoms with E-state index in [0.717, 1.165) is 12.1 Å². The van der Waals surface area contributed by atoms with Crippen molar-refractivity contribution in [2.24, 2.45) is 0 Å². The fourth-order valence-electron chi connectivity index (χ4n) is 0.496. The standard InChI is InChI=1S/C6H5FO2/c7-5-3-4(8)1-2-6(5)9/h1-3,8-9H. The summed E-state index contributed by atoms with van der Waals surface area (Å²) in [6.45, 7) is 0. The molecule has 3 heteroatoms. The van der Waals surface area contributed by atoms with Crippen LogP contribution in [0.1, 0.15) is 0 Å². The van der Waals surface area contributed by atoms with Crippen molar-refractivity contribution in [1.82, 2.24) is 0 Å². The van der Waals surface area contributed by atoms with Gasteiger partial charge in [0.25, 0.3) is 0 Å². The van der Waals surface area contributed by atoms with Gasteiger partial charge in [-0.25, -0.2) is 4.39 Å². The third kappa shape index (κ3) is 1.10. The maximum atomic E-state index is 12.2. The average molecular weight is 128 g/mol. The van der Waals surface area contributed by atoms with Gasteiger partial charge in [0.1, 0.15) is 5.75 Å². The summed E-state index contributed by atoms with van der Waals surface area (Å²) < 4.78 is 12.2. The van der Waals surface area contributed by atoms with Gasteiger partial charge in [0.2, 0.25) is 0 Å². The molecule has 0 radical (unpaired) electrons. The molecule has 1 rings (SSSR count). The van der Waals surface area contributed by atoms with E-state index < -0.39 is 11.6 Å². The lowest BCUT2D eigenvalue weighted by Crippen LogP contribution is -1.72. The van der Waals surface area contributed by atoms with Gasteiger partial charge in [0.05, 0.1) is 0 Å². The fourth-order valence-corrected chi connectivity index (χ4v) is 0.496. The van der Waals surface area contributed by atoms with E-state index >= 15 is 0 Å². The van der Waals surface area contributed by atoms with E-state index in [1.54, 1.807) is 0 Å². The average Bonchev–Trinajstić information content (AvgIpc) is 1.80. The normalized spacial score (nSPS) is 9.44.